The summed E-state index contributed by atoms with van der Waals surface area (Å²) in [7, 11) is 3.06. The van der Waals surface area contributed by atoms with Crippen LogP contribution in [-0.4, -0.2) is 42.3 Å². The van der Waals surface area contributed by atoms with Gasteiger partial charge in [0.1, 0.15) is 11.8 Å². The minimum absolute atomic E-state index is 0.213. The summed E-state index contributed by atoms with van der Waals surface area (Å²) < 4.78 is 5.09. The Labute approximate surface area is 137 Å². The number of hydrogen-bond acceptors (Lipinski definition) is 4. The second kappa shape index (κ2) is 9.15. The molecule has 1 aromatic carbocycles. The van der Waals surface area contributed by atoms with E-state index in [-0.39, 0.29) is 12.8 Å². The highest BCUT2D eigenvalue weighted by molar-refractivity contribution is 5.87. The van der Waals surface area contributed by atoms with Gasteiger partial charge < -0.3 is 10.1 Å². The Bertz CT molecular complexity index is 514. The molecule has 0 aliphatic carbocycles. The molecule has 0 saturated heterocycles. The third kappa shape index (κ3) is 5.90. The van der Waals surface area contributed by atoms with E-state index in [4.69, 9.17) is 4.74 Å². The Hall–Kier alpha value is -2.08. The molecule has 23 heavy (non-hydrogen) atoms. The Balaban J connectivity index is 2.82. The van der Waals surface area contributed by atoms with Crippen LogP contribution in [0.25, 0.3) is 0 Å². The van der Waals surface area contributed by atoms with Crippen LogP contribution in [0.2, 0.25) is 0 Å². The highest BCUT2D eigenvalue weighted by atomic mass is 16.5. The van der Waals surface area contributed by atoms with E-state index in [1.54, 1.807) is 31.4 Å². The Morgan fingerprint density at radius 3 is 2.35 bits per heavy atom. The predicted molar refractivity (Wildman–Crippen MR) is 87.3 cm³/mol. The van der Waals surface area contributed by atoms with Crippen molar-refractivity contribution in [2.24, 2.45) is 5.92 Å². The quantitative estimate of drug-likeness (QED) is 0.567. The van der Waals surface area contributed by atoms with Crippen molar-refractivity contribution >= 4 is 11.8 Å². The fourth-order valence-corrected chi connectivity index (χ4v) is 2.14. The first-order valence-electron chi connectivity index (χ1n) is 7.74. The lowest BCUT2D eigenvalue weighted by molar-refractivity contribution is -0.180. The molecule has 0 bridgehead atoms. The summed E-state index contributed by atoms with van der Waals surface area (Å²) in [5.41, 5.74) is 0.829. The molecular weight excluding hydrogens is 296 g/mol. The molecule has 1 atom stereocenters. The molecule has 6 heteroatoms. The second-order valence-corrected chi connectivity index (χ2v) is 5.85. The summed E-state index contributed by atoms with van der Waals surface area (Å²) >= 11 is 0. The molecule has 0 aliphatic heterocycles. The first kappa shape index (κ1) is 19.0. The van der Waals surface area contributed by atoms with E-state index in [1.165, 1.54) is 7.05 Å². The van der Waals surface area contributed by atoms with Crippen molar-refractivity contribution in [3.8, 4) is 5.75 Å². The molecule has 0 spiro atoms. The molecule has 2 N–H and O–H groups in total. The van der Waals surface area contributed by atoms with Gasteiger partial charge >= 0.3 is 0 Å². The van der Waals surface area contributed by atoms with Crippen molar-refractivity contribution in [2.75, 3.05) is 14.2 Å². The molecule has 128 valence electrons. The zero-order valence-corrected chi connectivity index (χ0v) is 14.2. The van der Waals surface area contributed by atoms with E-state index in [2.05, 4.69) is 5.32 Å². The van der Waals surface area contributed by atoms with Crippen LogP contribution in [0.3, 0.4) is 0 Å². The first-order valence-corrected chi connectivity index (χ1v) is 7.74. The number of hydrogen-bond donors (Lipinski definition) is 2. The average Bonchev–Trinajstić information content (AvgIpc) is 2.56. The maximum absolute atomic E-state index is 12.1. The average molecular weight is 322 g/mol. The van der Waals surface area contributed by atoms with Gasteiger partial charge in [-0.05, 0) is 30.0 Å². The van der Waals surface area contributed by atoms with Crippen molar-refractivity contribution in [1.82, 2.24) is 10.4 Å². The fraction of sp³-hybridized carbons (Fsp3) is 0.529. The molecule has 6 nitrogen and oxygen atoms in total. The summed E-state index contributed by atoms with van der Waals surface area (Å²) in [5.74, 6) is 0.216. The minimum Gasteiger partial charge on any atom is -0.497 e. The number of ether oxygens (including phenoxy) is 1. The third-order valence-corrected chi connectivity index (χ3v) is 3.62. The smallest absolute Gasteiger partial charge is 0.246 e. The topological polar surface area (TPSA) is 78.9 Å². The molecule has 0 radical (unpaired) electrons. The molecule has 1 aromatic rings. The highest BCUT2D eigenvalue weighted by Gasteiger charge is 2.28. The SMILES string of the molecule is CNC(=O)[C@H](Cc1ccc(OC)cc1)N(O)C(=O)CCC(C)C. The van der Waals surface area contributed by atoms with Gasteiger partial charge in [-0.3, -0.25) is 14.8 Å². The zero-order valence-electron chi connectivity index (χ0n) is 14.2. The number of carbonyl (C=O) groups is 2. The first-order chi connectivity index (χ1) is 10.9. The number of nitrogens with one attached hydrogen (secondary N) is 1. The number of benzene rings is 1. The van der Waals surface area contributed by atoms with Crippen molar-refractivity contribution < 1.29 is 19.5 Å². The monoisotopic (exact) mass is 322 g/mol. The van der Waals surface area contributed by atoms with Gasteiger partial charge in [0, 0.05) is 19.9 Å². The largest absolute Gasteiger partial charge is 0.497 e. The number of hydroxylamine groups is 2. The van der Waals surface area contributed by atoms with Crippen molar-refractivity contribution in [3.05, 3.63) is 29.8 Å². The summed E-state index contributed by atoms with van der Waals surface area (Å²) in [6, 6.07) is 6.22. The standard InChI is InChI=1S/C17H26N2O4/c1-12(2)5-10-16(20)19(22)15(17(21)18-3)11-13-6-8-14(23-4)9-7-13/h6-9,12,15,22H,5,10-11H2,1-4H3,(H,18,21)/t15-/m0/s1. The van der Waals surface area contributed by atoms with Crippen LogP contribution >= 0.6 is 0 Å². The second-order valence-electron chi connectivity index (χ2n) is 5.85. The highest BCUT2D eigenvalue weighted by Crippen LogP contribution is 2.15. The van der Waals surface area contributed by atoms with Gasteiger partial charge in [-0.15, -0.1) is 0 Å². The van der Waals surface area contributed by atoms with Crippen molar-refractivity contribution in [2.45, 2.75) is 39.2 Å². The van der Waals surface area contributed by atoms with Crippen LogP contribution < -0.4 is 10.1 Å². The summed E-state index contributed by atoms with van der Waals surface area (Å²) in [6.07, 6.45) is 1.11. The maximum Gasteiger partial charge on any atom is 0.246 e. The molecule has 1 rings (SSSR count). The fourth-order valence-electron chi connectivity index (χ4n) is 2.14. The summed E-state index contributed by atoms with van der Waals surface area (Å²) in [5, 5.41) is 13.2. The Morgan fingerprint density at radius 1 is 1.26 bits per heavy atom. The number of carbonyl (C=O) groups excluding carboxylic acids is 2. The molecule has 0 heterocycles. The van der Waals surface area contributed by atoms with Gasteiger partial charge in [-0.1, -0.05) is 26.0 Å². The van der Waals surface area contributed by atoms with Gasteiger partial charge in [0.2, 0.25) is 11.8 Å². The van der Waals surface area contributed by atoms with E-state index in [9.17, 15) is 14.8 Å². The molecule has 0 aliphatic rings. The van der Waals surface area contributed by atoms with Gasteiger partial charge in [-0.25, -0.2) is 5.06 Å². The van der Waals surface area contributed by atoms with Gasteiger partial charge in [0.15, 0.2) is 0 Å². The number of nitrogens with zero attached hydrogens (tertiary/aromatic N) is 1. The third-order valence-electron chi connectivity index (χ3n) is 3.62. The number of methoxy groups -OCH3 is 1. The van der Waals surface area contributed by atoms with E-state index in [0.717, 1.165) is 5.56 Å². The van der Waals surface area contributed by atoms with Crippen LogP contribution in [-0.2, 0) is 16.0 Å². The lowest BCUT2D eigenvalue weighted by Gasteiger charge is -2.25. The van der Waals surface area contributed by atoms with Crippen molar-refractivity contribution in [1.29, 1.82) is 0 Å². The molecule has 0 unspecified atom stereocenters. The van der Waals surface area contributed by atoms with Gasteiger partial charge in [0.05, 0.1) is 7.11 Å². The van der Waals surface area contributed by atoms with Gasteiger partial charge in [0.25, 0.3) is 0 Å². The van der Waals surface area contributed by atoms with E-state index < -0.39 is 17.9 Å². The maximum atomic E-state index is 12.1. The van der Waals surface area contributed by atoms with E-state index in [1.807, 2.05) is 13.8 Å². The van der Waals surface area contributed by atoms with E-state index in [0.29, 0.717) is 23.2 Å². The molecule has 2 amide bonds. The number of amides is 2. The molecule has 0 saturated carbocycles. The van der Waals surface area contributed by atoms with E-state index >= 15 is 0 Å². The number of likely N-dealkylation sites (N-methyl/N-ethyl adjacent to an activating group) is 1. The van der Waals surface area contributed by atoms with Crippen LogP contribution in [0.4, 0.5) is 0 Å². The molecule has 0 fully saturated rings. The van der Waals surface area contributed by atoms with Gasteiger partial charge in [-0.2, -0.15) is 0 Å². The lowest BCUT2D eigenvalue weighted by atomic mass is 10.0. The molecular formula is C17H26N2O4. The zero-order chi connectivity index (χ0) is 17.4. The van der Waals surface area contributed by atoms with Crippen LogP contribution in [0.15, 0.2) is 24.3 Å². The molecule has 0 aromatic heterocycles. The van der Waals surface area contributed by atoms with Crippen LogP contribution in [0, 0.1) is 5.92 Å². The summed E-state index contributed by atoms with van der Waals surface area (Å²) in [6.45, 7) is 4.01. The van der Waals surface area contributed by atoms with Crippen LogP contribution in [0.1, 0.15) is 32.3 Å². The lowest BCUT2D eigenvalue weighted by Crippen LogP contribution is -2.48. The normalized spacial score (nSPS) is 11.9. The Kier molecular flexibility index (Phi) is 7.54. The number of rotatable bonds is 8. The predicted octanol–water partition coefficient (Wildman–Crippen LogP) is 2.01. The Morgan fingerprint density at radius 2 is 1.87 bits per heavy atom. The summed E-state index contributed by atoms with van der Waals surface area (Å²) in [4.78, 5) is 24.1. The van der Waals surface area contributed by atoms with Crippen LogP contribution in [0.5, 0.6) is 5.75 Å². The minimum atomic E-state index is -0.951. The van der Waals surface area contributed by atoms with Crippen molar-refractivity contribution in [3.63, 3.8) is 0 Å².